The molecule has 0 heteroatoms. The smallest absolute Gasteiger partial charge is 0 e. The molecule has 56 valence electrons. The van der Waals surface area contributed by atoms with Crippen LogP contribution in [0.25, 0.3) is 0 Å². The first kappa shape index (κ1) is 7.33. The summed E-state index contributed by atoms with van der Waals surface area (Å²) in [7, 11) is 0. The van der Waals surface area contributed by atoms with Crippen LogP contribution < -0.4 is 0 Å². The molecule has 0 bridgehead atoms. The summed E-state index contributed by atoms with van der Waals surface area (Å²) in [4.78, 5) is 0. The summed E-state index contributed by atoms with van der Waals surface area (Å²) in [5, 5.41) is 0. The van der Waals surface area contributed by atoms with Crippen molar-refractivity contribution in [2.24, 2.45) is 0 Å². The van der Waals surface area contributed by atoms with Crippen LogP contribution in [0.4, 0.5) is 0 Å². The van der Waals surface area contributed by atoms with E-state index in [2.05, 4.69) is 44.2 Å². The molecule has 0 radical (unpaired) electrons. The SMILES string of the molecule is CC[C@@H](C)c1ccccc1.[HH]. The van der Waals surface area contributed by atoms with Gasteiger partial charge in [-0.2, -0.15) is 0 Å². The summed E-state index contributed by atoms with van der Waals surface area (Å²) in [5.74, 6) is 0.709. The van der Waals surface area contributed by atoms with Crippen LogP contribution in [0, 0.1) is 0 Å². The van der Waals surface area contributed by atoms with Crippen molar-refractivity contribution in [2.45, 2.75) is 26.2 Å². The summed E-state index contributed by atoms with van der Waals surface area (Å²) in [6.07, 6.45) is 1.23. The van der Waals surface area contributed by atoms with Gasteiger partial charge in [-0.3, -0.25) is 0 Å². The molecule has 0 spiro atoms. The number of rotatable bonds is 2. The van der Waals surface area contributed by atoms with Crippen molar-refractivity contribution < 1.29 is 1.43 Å². The molecule has 10 heavy (non-hydrogen) atoms. The molecular formula is C10H16. The first-order valence-corrected chi connectivity index (χ1v) is 3.89. The minimum absolute atomic E-state index is 0. The minimum atomic E-state index is 0. The van der Waals surface area contributed by atoms with Crippen molar-refractivity contribution in [3.63, 3.8) is 0 Å². The molecule has 1 atom stereocenters. The molecule has 0 fully saturated rings. The van der Waals surface area contributed by atoms with Gasteiger partial charge in [0.25, 0.3) is 0 Å². The maximum atomic E-state index is 2.26. The molecule has 0 nitrogen and oxygen atoms in total. The number of benzene rings is 1. The topological polar surface area (TPSA) is 0 Å². The minimum Gasteiger partial charge on any atom is -0.0648 e. The summed E-state index contributed by atoms with van der Waals surface area (Å²) in [6.45, 7) is 4.48. The van der Waals surface area contributed by atoms with E-state index in [0.29, 0.717) is 5.92 Å². The third kappa shape index (κ3) is 1.60. The van der Waals surface area contributed by atoms with E-state index >= 15 is 0 Å². The van der Waals surface area contributed by atoms with Gasteiger partial charge in [0.2, 0.25) is 0 Å². The van der Waals surface area contributed by atoms with Crippen LogP contribution in [-0.4, -0.2) is 0 Å². The van der Waals surface area contributed by atoms with Crippen LogP contribution in [0.1, 0.15) is 33.2 Å². The van der Waals surface area contributed by atoms with E-state index in [1.165, 1.54) is 12.0 Å². The fourth-order valence-electron chi connectivity index (χ4n) is 1.02. The van der Waals surface area contributed by atoms with Gasteiger partial charge in [0, 0.05) is 1.43 Å². The Kier molecular flexibility index (Phi) is 2.49. The van der Waals surface area contributed by atoms with Crippen LogP contribution in [0.15, 0.2) is 30.3 Å². The van der Waals surface area contributed by atoms with Crippen molar-refractivity contribution in [1.29, 1.82) is 0 Å². The maximum Gasteiger partial charge on any atom is 0 e. The third-order valence-electron chi connectivity index (χ3n) is 1.98. The highest BCUT2D eigenvalue weighted by molar-refractivity contribution is 5.18. The molecule has 1 aromatic rings. The Morgan fingerprint density at radius 2 is 1.90 bits per heavy atom. The molecular weight excluding hydrogens is 120 g/mol. The largest absolute Gasteiger partial charge is 0.0648 e. The molecule has 0 N–H and O–H groups in total. The first-order valence-electron chi connectivity index (χ1n) is 3.89. The maximum absolute atomic E-state index is 2.26. The predicted molar refractivity (Wildman–Crippen MR) is 47.3 cm³/mol. The molecule has 1 aromatic carbocycles. The second-order valence-electron chi connectivity index (χ2n) is 2.72. The molecule has 0 heterocycles. The summed E-state index contributed by atoms with van der Waals surface area (Å²) < 4.78 is 0. The first-order chi connectivity index (χ1) is 4.84. The summed E-state index contributed by atoms with van der Waals surface area (Å²) in [6, 6.07) is 10.6. The molecule has 0 unspecified atom stereocenters. The van der Waals surface area contributed by atoms with Gasteiger partial charge in [-0.25, -0.2) is 0 Å². The lowest BCUT2D eigenvalue weighted by molar-refractivity contribution is 0.733. The average molecular weight is 136 g/mol. The number of hydrogen-bond acceptors (Lipinski definition) is 0. The van der Waals surface area contributed by atoms with E-state index in [0.717, 1.165) is 0 Å². The highest BCUT2D eigenvalue weighted by atomic mass is 14.0. The van der Waals surface area contributed by atoms with Crippen LogP contribution in [0.5, 0.6) is 0 Å². The van der Waals surface area contributed by atoms with E-state index in [4.69, 9.17) is 0 Å². The Labute approximate surface area is 64.4 Å². The van der Waals surface area contributed by atoms with Crippen LogP contribution in [0.2, 0.25) is 0 Å². The van der Waals surface area contributed by atoms with Crippen molar-refractivity contribution in [3.05, 3.63) is 35.9 Å². The molecule has 1 rings (SSSR count). The highest BCUT2D eigenvalue weighted by Gasteiger charge is 1.98. The zero-order valence-electron chi connectivity index (χ0n) is 6.67. The van der Waals surface area contributed by atoms with E-state index in [1.54, 1.807) is 0 Å². The predicted octanol–water partition coefficient (Wildman–Crippen LogP) is 3.45. The lowest BCUT2D eigenvalue weighted by Crippen LogP contribution is -1.88. The molecule has 0 amide bonds. The zero-order chi connectivity index (χ0) is 7.40. The van der Waals surface area contributed by atoms with Gasteiger partial charge in [0.15, 0.2) is 0 Å². The van der Waals surface area contributed by atoms with Crippen LogP contribution in [-0.2, 0) is 0 Å². The Balaban J connectivity index is 0.000001000. The Morgan fingerprint density at radius 1 is 1.30 bits per heavy atom. The molecule has 0 saturated carbocycles. The van der Waals surface area contributed by atoms with Crippen LogP contribution in [0.3, 0.4) is 0 Å². The third-order valence-corrected chi connectivity index (χ3v) is 1.98. The fraction of sp³-hybridized carbons (Fsp3) is 0.400. The Hall–Kier alpha value is -0.780. The van der Waals surface area contributed by atoms with Crippen molar-refractivity contribution >= 4 is 0 Å². The van der Waals surface area contributed by atoms with Crippen LogP contribution >= 0.6 is 0 Å². The van der Waals surface area contributed by atoms with E-state index in [-0.39, 0.29) is 1.43 Å². The normalized spacial score (nSPS) is 13.0. The Bertz CT molecular complexity index is 181. The van der Waals surface area contributed by atoms with Gasteiger partial charge in [-0.15, -0.1) is 0 Å². The zero-order valence-corrected chi connectivity index (χ0v) is 6.67. The highest BCUT2D eigenvalue weighted by Crippen LogP contribution is 2.16. The van der Waals surface area contributed by atoms with Gasteiger partial charge >= 0.3 is 0 Å². The molecule has 0 saturated heterocycles. The van der Waals surface area contributed by atoms with E-state index in [1.807, 2.05) is 0 Å². The van der Waals surface area contributed by atoms with Gasteiger partial charge in [-0.05, 0) is 17.9 Å². The summed E-state index contributed by atoms with van der Waals surface area (Å²) in [5.41, 5.74) is 1.45. The average Bonchev–Trinajstić information content (AvgIpc) is 2.05. The molecule has 0 aliphatic heterocycles. The van der Waals surface area contributed by atoms with E-state index in [9.17, 15) is 0 Å². The van der Waals surface area contributed by atoms with Gasteiger partial charge < -0.3 is 0 Å². The second kappa shape index (κ2) is 3.40. The fourth-order valence-corrected chi connectivity index (χ4v) is 1.02. The van der Waals surface area contributed by atoms with Crippen molar-refractivity contribution in [3.8, 4) is 0 Å². The standard InChI is InChI=1S/C10H14.H2/c1-3-9(2)10-7-5-4-6-8-10;/h4-9H,3H2,1-2H3;1H/t9-;/m1./s1. The number of hydrogen-bond donors (Lipinski definition) is 0. The molecule has 0 aromatic heterocycles. The molecule has 0 aliphatic rings. The van der Waals surface area contributed by atoms with Crippen molar-refractivity contribution in [1.82, 2.24) is 0 Å². The lowest BCUT2D eigenvalue weighted by atomic mass is 9.99. The lowest BCUT2D eigenvalue weighted by Gasteiger charge is -2.06. The monoisotopic (exact) mass is 136 g/mol. The summed E-state index contributed by atoms with van der Waals surface area (Å²) >= 11 is 0. The van der Waals surface area contributed by atoms with Gasteiger partial charge in [-0.1, -0.05) is 44.2 Å². The van der Waals surface area contributed by atoms with Crippen molar-refractivity contribution in [2.75, 3.05) is 0 Å². The quantitative estimate of drug-likeness (QED) is 0.584. The Morgan fingerprint density at radius 3 is 2.40 bits per heavy atom. The second-order valence-corrected chi connectivity index (χ2v) is 2.72. The van der Waals surface area contributed by atoms with E-state index < -0.39 is 0 Å². The van der Waals surface area contributed by atoms with Gasteiger partial charge in [0.05, 0.1) is 0 Å². The molecule has 0 aliphatic carbocycles. The van der Waals surface area contributed by atoms with Gasteiger partial charge in [0.1, 0.15) is 0 Å².